The largest absolute Gasteiger partial charge is 0.478 e. The van der Waals surface area contributed by atoms with Crippen molar-refractivity contribution >= 4 is 5.97 Å². The lowest BCUT2D eigenvalue weighted by molar-refractivity contribution is 0.0696. The van der Waals surface area contributed by atoms with Gasteiger partial charge in [-0.15, -0.1) is 0 Å². The van der Waals surface area contributed by atoms with Gasteiger partial charge in [0.25, 0.3) is 0 Å². The van der Waals surface area contributed by atoms with Crippen LogP contribution in [0.4, 0.5) is 0 Å². The summed E-state index contributed by atoms with van der Waals surface area (Å²) in [6.45, 7) is 4.70. The second-order valence-corrected chi connectivity index (χ2v) is 4.25. The van der Waals surface area contributed by atoms with Gasteiger partial charge in [-0.25, -0.2) is 9.78 Å². The molecule has 1 aromatic heterocycles. The van der Waals surface area contributed by atoms with Crippen LogP contribution in [0.25, 0.3) is 0 Å². The molecular formula is C14H21NO3. The molecule has 0 saturated carbocycles. The third kappa shape index (κ3) is 4.73. The van der Waals surface area contributed by atoms with Crippen molar-refractivity contribution in [1.29, 1.82) is 0 Å². The second kappa shape index (κ2) is 7.69. The third-order valence-corrected chi connectivity index (χ3v) is 2.71. The van der Waals surface area contributed by atoms with E-state index in [1.807, 2.05) is 6.92 Å². The Morgan fingerprint density at radius 3 is 2.67 bits per heavy atom. The highest BCUT2D eigenvalue weighted by atomic mass is 16.5. The first-order valence-corrected chi connectivity index (χ1v) is 6.54. The lowest BCUT2D eigenvalue weighted by Crippen LogP contribution is -2.04. The molecule has 0 atom stereocenters. The summed E-state index contributed by atoms with van der Waals surface area (Å²) in [4.78, 5) is 15.2. The zero-order chi connectivity index (χ0) is 13.4. The Morgan fingerprint density at radius 2 is 2.06 bits per heavy atom. The average molecular weight is 251 g/mol. The average Bonchev–Trinajstić information content (AvgIpc) is 2.38. The molecule has 100 valence electrons. The van der Waals surface area contributed by atoms with Crippen LogP contribution in [0.1, 0.15) is 55.6 Å². The number of pyridine rings is 1. The van der Waals surface area contributed by atoms with Crippen LogP contribution in [-0.2, 0) is 6.42 Å². The maximum atomic E-state index is 11.0. The van der Waals surface area contributed by atoms with Crippen molar-refractivity contribution in [3.8, 4) is 5.88 Å². The van der Waals surface area contributed by atoms with Crippen LogP contribution in [0.2, 0.25) is 0 Å². The number of aromatic nitrogens is 1. The molecule has 0 bridgehead atoms. The van der Waals surface area contributed by atoms with E-state index in [-0.39, 0.29) is 5.56 Å². The molecule has 0 spiro atoms. The molecule has 0 amide bonds. The molecule has 1 rings (SSSR count). The number of hydrogen-bond donors (Lipinski definition) is 1. The van der Waals surface area contributed by atoms with E-state index in [9.17, 15) is 4.79 Å². The van der Waals surface area contributed by atoms with Crippen molar-refractivity contribution in [3.63, 3.8) is 0 Å². The first-order valence-electron chi connectivity index (χ1n) is 6.54. The lowest BCUT2D eigenvalue weighted by atomic mass is 10.2. The zero-order valence-corrected chi connectivity index (χ0v) is 11.1. The number of aryl methyl sites for hydroxylation is 1. The summed E-state index contributed by atoms with van der Waals surface area (Å²) in [7, 11) is 0. The van der Waals surface area contributed by atoms with Gasteiger partial charge in [-0.2, -0.15) is 0 Å². The molecule has 0 aromatic carbocycles. The Kier molecular flexibility index (Phi) is 6.19. The molecule has 4 heteroatoms. The number of carboxylic acid groups (broad SMARTS) is 1. The van der Waals surface area contributed by atoms with Crippen LogP contribution in [0.5, 0.6) is 5.88 Å². The van der Waals surface area contributed by atoms with Crippen molar-refractivity contribution in [1.82, 2.24) is 4.98 Å². The molecule has 0 aliphatic heterocycles. The molecule has 4 nitrogen and oxygen atoms in total. The molecule has 1 heterocycles. The molecule has 1 N–H and O–H groups in total. The van der Waals surface area contributed by atoms with Gasteiger partial charge < -0.3 is 9.84 Å². The molecular weight excluding hydrogens is 230 g/mol. The summed E-state index contributed by atoms with van der Waals surface area (Å²) in [6.07, 6.45) is 5.20. The SMILES string of the molecule is CCCCCCOc1cc(C(=O)O)cc(CC)n1. The van der Waals surface area contributed by atoms with E-state index >= 15 is 0 Å². The predicted octanol–water partition coefficient (Wildman–Crippen LogP) is 3.30. The molecule has 0 aliphatic rings. The van der Waals surface area contributed by atoms with Crippen molar-refractivity contribution < 1.29 is 14.6 Å². The van der Waals surface area contributed by atoms with E-state index in [0.717, 1.165) is 18.5 Å². The van der Waals surface area contributed by atoms with Crippen LogP contribution < -0.4 is 4.74 Å². The van der Waals surface area contributed by atoms with Gasteiger partial charge in [0.15, 0.2) is 0 Å². The van der Waals surface area contributed by atoms with Crippen molar-refractivity contribution in [2.45, 2.75) is 46.0 Å². The molecule has 0 radical (unpaired) electrons. The van der Waals surface area contributed by atoms with E-state index in [4.69, 9.17) is 9.84 Å². The van der Waals surface area contributed by atoms with Crippen molar-refractivity contribution in [2.24, 2.45) is 0 Å². The normalized spacial score (nSPS) is 10.3. The fourth-order valence-corrected chi connectivity index (χ4v) is 1.64. The van der Waals surface area contributed by atoms with Crippen LogP contribution >= 0.6 is 0 Å². The number of carboxylic acids is 1. The Balaban J connectivity index is 2.58. The minimum Gasteiger partial charge on any atom is -0.478 e. The summed E-state index contributed by atoms with van der Waals surface area (Å²) in [5, 5.41) is 8.99. The van der Waals surface area contributed by atoms with Gasteiger partial charge in [0.1, 0.15) is 0 Å². The van der Waals surface area contributed by atoms with Gasteiger partial charge in [-0.3, -0.25) is 0 Å². The highest BCUT2D eigenvalue weighted by molar-refractivity contribution is 5.88. The highest BCUT2D eigenvalue weighted by Gasteiger charge is 2.08. The number of ether oxygens (including phenoxy) is 1. The molecule has 0 saturated heterocycles. The summed E-state index contributed by atoms with van der Waals surface area (Å²) >= 11 is 0. The lowest BCUT2D eigenvalue weighted by Gasteiger charge is -2.07. The monoisotopic (exact) mass is 251 g/mol. The molecule has 18 heavy (non-hydrogen) atoms. The summed E-state index contributed by atoms with van der Waals surface area (Å²) in [5.74, 6) is -0.522. The van der Waals surface area contributed by atoms with Crippen LogP contribution in [0.3, 0.4) is 0 Å². The minimum atomic E-state index is -0.942. The van der Waals surface area contributed by atoms with Gasteiger partial charge in [-0.05, 0) is 18.9 Å². The smallest absolute Gasteiger partial charge is 0.335 e. The fourth-order valence-electron chi connectivity index (χ4n) is 1.64. The first-order chi connectivity index (χ1) is 8.67. The summed E-state index contributed by atoms with van der Waals surface area (Å²) in [6, 6.07) is 3.08. The number of rotatable bonds is 8. The number of nitrogens with zero attached hydrogens (tertiary/aromatic N) is 1. The number of aromatic carboxylic acids is 1. The Morgan fingerprint density at radius 1 is 1.28 bits per heavy atom. The van der Waals surface area contributed by atoms with Crippen molar-refractivity contribution in [3.05, 3.63) is 23.4 Å². The van der Waals surface area contributed by atoms with Crippen molar-refractivity contribution in [2.75, 3.05) is 6.61 Å². The first kappa shape index (κ1) is 14.5. The zero-order valence-electron chi connectivity index (χ0n) is 11.1. The van der Waals surface area contributed by atoms with Gasteiger partial charge in [0.2, 0.25) is 5.88 Å². The Hall–Kier alpha value is -1.58. The van der Waals surface area contributed by atoms with E-state index in [1.165, 1.54) is 18.9 Å². The van der Waals surface area contributed by atoms with Gasteiger partial charge in [-0.1, -0.05) is 33.1 Å². The number of hydrogen-bond acceptors (Lipinski definition) is 3. The van der Waals surface area contributed by atoms with Crippen LogP contribution in [0, 0.1) is 0 Å². The Bertz CT molecular complexity index is 391. The molecule has 0 fully saturated rings. The highest BCUT2D eigenvalue weighted by Crippen LogP contribution is 2.14. The maximum absolute atomic E-state index is 11.0. The standard InChI is InChI=1S/C14H21NO3/c1-3-5-6-7-8-18-13-10-11(14(16)17)9-12(4-2)15-13/h9-10H,3-8H2,1-2H3,(H,16,17). The quantitative estimate of drug-likeness (QED) is 0.720. The number of carbonyl (C=O) groups is 1. The summed E-state index contributed by atoms with van der Waals surface area (Å²) < 4.78 is 5.51. The summed E-state index contributed by atoms with van der Waals surface area (Å²) in [5.41, 5.74) is 0.990. The third-order valence-electron chi connectivity index (χ3n) is 2.71. The minimum absolute atomic E-state index is 0.241. The predicted molar refractivity (Wildman–Crippen MR) is 70.2 cm³/mol. The second-order valence-electron chi connectivity index (χ2n) is 4.25. The van der Waals surface area contributed by atoms with Crippen LogP contribution in [0.15, 0.2) is 12.1 Å². The van der Waals surface area contributed by atoms with E-state index in [0.29, 0.717) is 18.9 Å². The fraction of sp³-hybridized carbons (Fsp3) is 0.571. The van der Waals surface area contributed by atoms with E-state index in [1.54, 1.807) is 6.07 Å². The van der Waals surface area contributed by atoms with E-state index in [2.05, 4.69) is 11.9 Å². The maximum Gasteiger partial charge on any atom is 0.335 e. The van der Waals surface area contributed by atoms with Gasteiger partial charge in [0, 0.05) is 11.8 Å². The van der Waals surface area contributed by atoms with Gasteiger partial charge >= 0.3 is 5.97 Å². The molecule has 1 aromatic rings. The number of unbranched alkanes of at least 4 members (excludes halogenated alkanes) is 3. The van der Waals surface area contributed by atoms with Crippen LogP contribution in [-0.4, -0.2) is 22.7 Å². The van der Waals surface area contributed by atoms with Gasteiger partial charge in [0.05, 0.1) is 12.2 Å². The van der Waals surface area contributed by atoms with E-state index < -0.39 is 5.97 Å². The topological polar surface area (TPSA) is 59.4 Å². The molecule has 0 unspecified atom stereocenters. The Labute approximate surface area is 108 Å². The molecule has 0 aliphatic carbocycles.